The van der Waals surface area contributed by atoms with E-state index in [1.165, 1.54) is 0 Å². The van der Waals surface area contributed by atoms with Gasteiger partial charge in [0.25, 0.3) is 0 Å². The van der Waals surface area contributed by atoms with Gasteiger partial charge in [-0.15, -0.1) is 0 Å². The summed E-state index contributed by atoms with van der Waals surface area (Å²) >= 11 is 0. The summed E-state index contributed by atoms with van der Waals surface area (Å²) in [5.74, 6) is -0.0417. The van der Waals surface area contributed by atoms with Crippen LogP contribution in [0.4, 0.5) is 0 Å². The van der Waals surface area contributed by atoms with Crippen LogP contribution < -0.4 is 10.8 Å². The molecule has 5 heteroatoms. The largest absolute Gasteiger partial charge is 0.381 e. The minimum absolute atomic E-state index is 0.0417. The van der Waals surface area contributed by atoms with Crippen molar-refractivity contribution in [1.82, 2.24) is 10.8 Å². The van der Waals surface area contributed by atoms with Gasteiger partial charge in [0.2, 0.25) is 5.91 Å². The molecule has 0 unspecified atom stereocenters. The van der Waals surface area contributed by atoms with Gasteiger partial charge in [0.15, 0.2) is 0 Å². The lowest BCUT2D eigenvalue weighted by Crippen LogP contribution is -2.43. The van der Waals surface area contributed by atoms with E-state index in [0.717, 1.165) is 31.6 Å². The van der Waals surface area contributed by atoms with Crippen LogP contribution in [0.5, 0.6) is 0 Å². The van der Waals surface area contributed by atoms with Gasteiger partial charge in [0.1, 0.15) is 0 Å². The molecule has 1 aliphatic heterocycles. The van der Waals surface area contributed by atoms with Crippen LogP contribution in [-0.2, 0) is 21.0 Å². The van der Waals surface area contributed by atoms with Gasteiger partial charge in [-0.05, 0) is 18.4 Å². The zero-order valence-electron chi connectivity index (χ0n) is 10.9. The number of carbonyl (C=O) groups is 1. The van der Waals surface area contributed by atoms with Gasteiger partial charge in [-0.1, -0.05) is 30.3 Å². The molecule has 0 radical (unpaired) electrons. The SMILES string of the molecule is O=C(CNOCc1ccccc1)NC1CCOCC1. The number of rotatable bonds is 6. The lowest BCUT2D eigenvalue weighted by Gasteiger charge is -2.23. The number of benzene rings is 1. The van der Waals surface area contributed by atoms with E-state index in [1.807, 2.05) is 30.3 Å². The van der Waals surface area contributed by atoms with Gasteiger partial charge in [-0.25, -0.2) is 0 Å². The predicted octanol–water partition coefficient (Wildman–Crippen LogP) is 1.00. The highest BCUT2D eigenvalue weighted by Gasteiger charge is 2.15. The maximum atomic E-state index is 11.6. The third kappa shape index (κ3) is 5.38. The lowest BCUT2D eigenvalue weighted by atomic mass is 10.1. The van der Waals surface area contributed by atoms with Gasteiger partial charge >= 0.3 is 0 Å². The molecule has 2 rings (SSSR count). The molecule has 1 amide bonds. The summed E-state index contributed by atoms with van der Waals surface area (Å²) in [5, 5.41) is 2.96. The molecule has 1 heterocycles. The van der Waals surface area contributed by atoms with E-state index < -0.39 is 0 Å². The van der Waals surface area contributed by atoms with E-state index in [0.29, 0.717) is 6.61 Å². The Kier molecular flexibility index (Phi) is 5.81. The highest BCUT2D eigenvalue weighted by molar-refractivity contribution is 5.78. The van der Waals surface area contributed by atoms with Crippen LogP contribution >= 0.6 is 0 Å². The van der Waals surface area contributed by atoms with Crippen LogP contribution in [0.2, 0.25) is 0 Å². The molecule has 0 aromatic heterocycles. The van der Waals surface area contributed by atoms with Crippen molar-refractivity contribution in [2.24, 2.45) is 0 Å². The molecule has 104 valence electrons. The van der Waals surface area contributed by atoms with Gasteiger partial charge < -0.3 is 10.1 Å². The molecule has 1 saturated heterocycles. The summed E-state index contributed by atoms with van der Waals surface area (Å²) in [5.41, 5.74) is 3.75. The van der Waals surface area contributed by atoms with Crippen LogP contribution in [0.25, 0.3) is 0 Å². The molecule has 0 spiro atoms. The van der Waals surface area contributed by atoms with Gasteiger partial charge in [0, 0.05) is 19.3 Å². The molecule has 2 N–H and O–H groups in total. The zero-order chi connectivity index (χ0) is 13.3. The summed E-state index contributed by atoms with van der Waals surface area (Å²) < 4.78 is 5.24. The molecule has 0 bridgehead atoms. The van der Waals surface area contributed by atoms with E-state index in [9.17, 15) is 4.79 Å². The van der Waals surface area contributed by atoms with Crippen molar-refractivity contribution in [3.63, 3.8) is 0 Å². The quantitative estimate of drug-likeness (QED) is 0.594. The van der Waals surface area contributed by atoms with Crippen LogP contribution in [0, 0.1) is 0 Å². The van der Waals surface area contributed by atoms with Crippen LogP contribution in [-0.4, -0.2) is 31.7 Å². The summed E-state index contributed by atoms with van der Waals surface area (Å²) in [6.07, 6.45) is 1.77. The van der Waals surface area contributed by atoms with E-state index in [1.54, 1.807) is 0 Å². The van der Waals surface area contributed by atoms with E-state index in [4.69, 9.17) is 9.57 Å². The van der Waals surface area contributed by atoms with Gasteiger partial charge in [-0.2, -0.15) is 5.48 Å². The second kappa shape index (κ2) is 7.89. The molecule has 0 atom stereocenters. The molecule has 0 saturated carbocycles. The number of ether oxygens (including phenoxy) is 1. The topological polar surface area (TPSA) is 59.6 Å². The zero-order valence-corrected chi connectivity index (χ0v) is 10.9. The highest BCUT2D eigenvalue weighted by atomic mass is 16.6. The van der Waals surface area contributed by atoms with Crippen molar-refractivity contribution in [3.05, 3.63) is 35.9 Å². The Morgan fingerprint density at radius 3 is 2.74 bits per heavy atom. The highest BCUT2D eigenvalue weighted by Crippen LogP contribution is 2.05. The minimum atomic E-state index is -0.0417. The van der Waals surface area contributed by atoms with Crippen LogP contribution in [0.1, 0.15) is 18.4 Å². The Bertz CT molecular complexity index is 378. The van der Waals surface area contributed by atoms with Gasteiger partial charge in [-0.3, -0.25) is 9.63 Å². The number of carbonyl (C=O) groups excluding carboxylic acids is 1. The summed E-state index contributed by atoms with van der Waals surface area (Å²) in [6.45, 7) is 2.07. The standard InChI is InChI=1S/C14H20N2O3/c17-14(16-13-6-8-18-9-7-13)10-15-19-11-12-4-2-1-3-5-12/h1-5,13,15H,6-11H2,(H,16,17). The smallest absolute Gasteiger partial charge is 0.236 e. The minimum Gasteiger partial charge on any atom is -0.381 e. The summed E-state index contributed by atoms with van der Waals surface area (Å²) in [6, 6.07) is 10.1. The molecular formula is C14H20N2O3. The molecule has 1 aliphatic rings. The fourth-order valence-corrected chi connectivity index (χ4v) is 1.95. The van der Waals surface area contributed by atoms with Gasteiger partial charge in [0.05, 0.1) is 13.2 Å². The first-order valence-electron chi connectivity index (χ1n) is 6.60. The number of amides is 1. The second-order valence-corrected chi connectivity index (χ2v) is 4.55. The van der Waals surface area contributed by atoms with Crippen molar-refractivity contribution in [1.29, 1.82) is 0 Å². The van der Waals surface area contributed by atoms with Crippen molar-refractivity contribution < 1.29 is 14.4 Å². The summed E-state index contributed by atoms with van der Waals surface area (Å²) in [4.78, 5) is 16.9. The van der Waals surface area contributed by atoms with E-state index >= 15 is 0 Å². The molecule has 19 heavy (non-hydrogen) atoms. The van der Waals surface area contributed by atoms with E-state index in [2.05, 4.69) is 10.8 Å². The Hall–Kier alpha value is -1.43. The predicted molar refractivity (Wildman–Crippen MR) is 71.2 cm³/mol. The van der Waals surface area contributed by atoms with Crippen molar-refractivity contribution >= 4 is 5.91 Å². The first-order chi connectivity index (χ1) is 9.34. The molecular weight excluding hydrogens is 244 g/mol. The maximum Gasteiger partial charge on any atom is 0.236 e. The molecule has 1 fully saturated rings. The van der Waals surface area contributed by atoms with Crippen molar-refractivity contribution in [2.45, 2.75) is 25.5 Å². The molecule has 0 aliphatic carbocycles. The normalized spacial score (nSPS) is 16.2. The monoisotopic (exact) mass is 264 g/mol. The first-order valence-corrected chi connectivity index (χ1v) is 6.60. The Morgan fingerprint density at radius 1 is 1.26 bits per heavy atom. The first kappa shape index (κ1) is 14.0. The average molecular weight is 264 g/mol. The molecule has 1 aromatic rings. The van der Waals surface area contributed by atoms with Crippen molar-refractivity contribution in [3.8, 4) is 0 Å². The maximum absolute atomic E-state index is 11.6. The fraction of sp³-hybridized carbons (Fsp3) is 0.500. The number of hydroxylamine groups is 1. The number of hydrogen-bond donors (Lipinski definition) is 2. The Morgan fingerprint density at radius 2 is 2.00 bits per heavy atom. The van der Waals surface area contributed by atoms with E-state index in [-0.39, 0.29) is 18.5 Å². The fourth-order valence-electron chi connectivity index (χ4n) is 1.95. The third-order valence-electron chi connectivity index (χ3n) is 3.00. The summed E-state index contributed by atoms with van der Waals surface area (Å²) in [7, 11) is 0. The second-order valence-electron chi connectivity index (χ2n) is 4.55. The number of nitrogens with one attached hydrogen (secondary N) is 2. The lowest BCUT2D eigenvalue weighted by molar-refractivity contribution is -0.124. The number of hydrogen-bond acceptors (Lipinski definition) is 4. The Labute approximate surface area is 113 Å². The molecule has 1 aromatic carbocycles. The Balaban J connectivity index is 1.56. The average Bonchev–Trinajstić information content (AvgIpc) is 2.46. The van der Waals surface area contributed by atoms with Crippen molar-refractivity contribution in [2.75, 3.05) is 19.8 Å². The van der Waals surface area contributed by atoms with Crippen LogP contribution in [0.3, 0.4) is 0 Å². The molecule has 5 nitrogen and oxygen atoms in total. The third-order valence-corrected chi connectivity index (χ3v) is 3.00. The van der Waals surface area contributed by atoms with Crippen LogP contribution in [0.15, 0.2) is 30.3 Å².